The number of carbonyl (C=O) groups excluding carboxylic acids is 1. The molecule has 0 radical (unpaired) electrons. The van der Waals surface area contributed by atoms with E-state index in [9.17, 15) is 4.79 Å². The van der Waals surface area contributed by atoms with Crippen LogP contribution in [-0.4, -0.2) is 5.78 Å². The molecule has 0 saturated carbocycles. The molecule has 0 fully saturated rings. The summed E-state index contributed by atoms with van der Waals surface area (Å²) in [6.07, 6.45) is 3.58. The van der Waals surface area contributed by atoms with Crippen LogP contribution >= 0.6 is 22.6 Å². The van der Waals surface area contributed by atoms with Crippen LogP contribution in [0.4, 0.5) is 0 Å². The Bertz CT molecular complexity index is 234. The number of ketones is 1. The van der Waals surface area contributed by atoms with Crippen LogP contribution in [-0.2, 0) is 4.79 Å². The summed E-state index contributed by atoms with van der Waals surface area (Å²) in [5, 5.41) is 0. The van der Waals surface area contributed by atoms with E-state index in [1.165, 1.54) is 0 Å². The van der Waals surface area contributed by atoms with Crippen molar-refractivity contribution in [2.24, 2.45) is 0 Å². The lowest BCUT2D eigenvalue weighted by Crippen LogP contribution is -2.03. The minimum atomic E-state index is 0.119. The third-order valence-electron chi connectivity index (χ3n) is 1.29. The fourth-order valence-electron chi connectivity index (χ4n) is 0.802. The molecule has 0 unspecified atom stereocenters. The van der Waals surface area contributed by atoms with Crippen LogP contribution < -0.4 is 0 Å². The molecule has 0 atom stereocenters. The van der Waals surface area contributed by atoms with Crippen molar-refractivity contribution in [1.29, 1.82) is 0 Å². The van der Waals surface area contributed by atoms with Gasteiger partial charge >= 0.3 is 0 Å². The highest BCUT2D eigenvalue weighted by molar-refractivity contribution is 14.1. The molecule has 0 heterocycles. The Balaban J connectivity index is 3.05. The summed E-state index contributed by atoms with van der Waals surface area (Å²) in [5.74, 6) is 0.119. The predicted octanol–water partition coefficient (Wildman–Crippen LogP) is 2.39. The smallest absolute Gasteiger partial charge is 0.194 e. The van der Waals surface area contributed by atoms with E-state index in [2.05, 4.69) is 6.58 Å². The Morgan fingerprint density at radius 3 is 2.60 bits per heavy atom. The van der Waals surface area contributed by atoms with Crippen LogP contribution in [0.2, 0.25) is 0 Å². The summed E-state index contributed by atoms with van der Waals surface area (Å²) in [5.41, 5.74) is 1.68. The van der Waals surface area contributed by atoms with Crippen molar-refractivity contribution in [3.05, 3.63) is 33.5 Å². The van der Waals surface area contributed by atoms with Crippen LogP contribution in [0.1, 0.15) is 6.92 Å². The van der Waals surface area contributed by atoms with E-state index in [1.807, 2.05) is 22.6 Å². The highest BCUT2D eigenvalue weighted by Crippen LogP contribution is 2.21. The Morgan fingerprint density at radius 1 is 1.50 bits per heavy atom. The number of hydrogen-bond acceptors (Lipinski definition) is 1. The first-order valence-corrected chi connectivity index (χ1v) is 3.98. The fourth-order valence-corrected chi connectivity index (χ4v) is 1.63. The zero-order valence-corrected chi connectivity index (χ0v) is 7.81. The maximum absolute atomic E-state index is 11.1. The van der Waals surface area contributed by atoms with Gasteiger partial charge in [0.1, 0.15) is 0 Å². The molecule has 1 nitrogen and oxygen atoms in total. The summed E-state index contributed by atoms with van der Waals surface area (Å²) in [6, 6.07) is 0. The van der Waals surface area contributed by atoms with E-state index >= 15 is 0 Å². The molecule has 0 aromatic carbocycles. The van der Waals surface area contributed by atoms with Crippen LogP contribution in [0.25, 0.3) is 0 Å². The molecule has 0 amide bonds. The minimum absolute atomic E-state index is 0.119. The molecule has 0 spiro atoms. The maximum Gasteiger partial charge on any atom is 0.194 e. The first-order chi connectivity index (χ1) is 4.61. The molecule has 0 N–H and O–H groups in total. The van der Waals surface area contributed by atoms with Crippen molar-refractivity contribution in [2.45, 2.75) is 6.92 Å². The Morgan fingerprint density at radius 2 is 2.10 bits per heavy atom. The van der Waals surface area contributed by atoms with Crippen LogP contribution in [0, 0.1) is 0 Å². The van der Waals surface area contributed by atoms with E-state index in [0.717, 1.165) is 14.7 Å². The second-order valence-corrected chi connectivity index (χ2v) is 3.39. The Labute approximate surface area is 73.6 Å². The summed E-state index contributed by atoms with van der Waals surface area (Å²) < 4.78 is 0.752. The topological polar surface area (TPSA) is 17.1 Å². The van der Waals surface area contributed by atoms with E-state index in [4.69, 9.17) is 0 Å². The Kier molecular flexibility index (Phi) is 2.08. The van der Waals surface area contributed by atoms with Crippen molar-refractivity contribution >= 4 is 28.4 Å². The molecule has 10 heavy (non-hydrogen) atoms. The monoisotopic (exact) mass is 246 g/mol. The molecule has 0 saturated heterocycles. The number of rotatable bonds is 0. The van der Waals surface area contributed by atoms with Gasteiger partial charge in [-0.3, -0.25) is 4.79 Å². The van der Waals surface area contributed by atoms with Crippen molar-refractivity contribution in [3.63, 3.8) is 0 Å². The van der Waals surface area contributed by atoms with Gasteiger partial charge in [0.2, 0.25) is 0 Å². The molecular weight excluding hydrogens is 239 g/mol. The van der Waals surface area contributed by atoms with Gasteiger partial charge in [0.05, 0.1) is 3.58 Å². The van der Waals surface area contributed by atoms with Gasteiger partial charge in [-0.05, 0) is 52.8 Å². The molecular formula is C8H7IO. The fraction of sp³-hybridized carbons (Fsp3) is 0.125. The van der Waals surface area contributed by atoms with E-state index in [-0.39, 0.29) is 5.78 Å². The number of Topliss-reactive ketones (excluding diaryl/α,β-unsaturated/α-hetero) is 1. The number of allylic oxidation sites excluding steroid dienone is 5. The average molecular weight is 246 g/mol. The van der Waals surface area contributed by atoms with Crippen molar-refractivity contribution in [1.82, 2.24) is 0 Å². The van der Waals surface area contributed by atoms with E-state index < -0.39 is 0 Å². The van der Waals surface area contributed by atoms with Gasteiger partial charge in [-0.2, -0.15) is 0 Å². The normalized spacial score (nSPS) is 18.6. The van der Waals surface area contributed by atoms with Gasteiger partial charge in [0, 0.05) is 0 Å². The molecule has 52 valence electrons. The zero-order chi connectivity index (χ0) is 7.72. The minimum Gasteiger partial charge on any atom is -0.288 e. The van der Waals surface area contributed by atoms with Crippen LogP contribution in [0.3, 0.4) is 0 Å². The lowest BCUT2D eigenvalue weighted by Gasteiger charge is -2.05. The summed E-state index contributed by atoms with van der Waals surface area (Å²) in [6.45, 7) is 5.54. The summed E-state index contributed by atoms with van der Waals surface area (Å²) in [7, 11) is 0. The third kappa shape index (κ3) is 1.37. The van der Waals surface area contributed by atoms with Crippen molar-refractivity contribution in [2.75, 3.05) is 0 Å². The second-order valence-electron chi connectivity index (χ2n) is 2.22. The lowest BCUT2D eigenvalue weighted by molar-refractivity contribution is -0.111. The van der Waals surface area contributed by atoms with Gasteiger partial charge in [-0.1, -0.05) is 6.58 Å². The third-order valence-corrected chi connectivity index (χ3v) is 2.09. The molecule has 1 aliphatic rings. The predicted molar refractivity (Wildman–Crippen MR) is 50.0 cm³/mol. The first-order valence-electron chi connectivity index (χ1n) is 2.90. The van der Waals surface area contributed by atoms with Gasteiger partial charge in [-0.15, -0.1) is 0 Å². The largest absolute Gasteiger partial charge is 0.288 e. The van der Waals surface area contributed by atoms with Gasteiger partial charge in [-0.25, -0.2) is 0 Å². The van der Waals surface area contributed by atoms with Crippen molar-refractivity contribution < 1.29 is 4.79 Å². The summed E-state index contributed by atoms with van der Waals surface area (Å²) >= 11 is 2.02. The van der Waals surface area contributed by atoms with E-state index in [1.54, 1.807) is 19.1 Å². The standard InChI is InChI=1S/C8H7IO/c1-5-3-6(2)8(10)7(9)4-5/h3-4H,1H2,2H3. The number of hydrogen-bond donors (Lipinski definition) is 0. The van der Waals surface area contributed by atoms with Crippen LogP contribution in [0.15, 0.2) is 33.5 Å². The number of carbonyl (C=O) groups is 1. The summed E-state index contributed by atoms with van der Waals surface area (Å²) in [4.78, 5) is 11.1. The van der Waals surface area contributed by atoms with Crippen molar-refractivity contribution in [3.8, 4) is 0 Å². The lowest BCUT2D eigenvalue weighted by atomic mass is 10.0. The Hall–Kier alpha value is -0.380. The highest BCUT2D eigenvalue weighted by atomic mass is 127. The highest BCUT2D eigenvalue weighted by Gasteiger charge is 2.12. The SMILES string of the molecule is C=C1C=C(C)C(=O)C(I)=C1. The number of halogens is 1. The molecule has 1 rings (SSSR count). The van der Waals surface area contributed by atoms with Gasteiger partial charge in [0.15, 0.2) is 5.78 Å². The molecule has 2 heteroatoms. The second kappa shape index (κ2) is 2.70. The zero-order valence-electron chi connectivity index (χ0n) is 5.65. The average Bonchev–Trinajstić information content (AvgIpc) is 1.82. The molecule has 0 aromatic heterocycles. The van der Waals surface area contributed by atoms with E-state index in [0.29, 0.717) is 0 Å². The molecule has 0 aliphatic heterocycles. The van der Waals surface area contributed by atoms with Gasteiger partial charge in [0.25, 0.3) is 0 Å². The first kappa shape index (κ1) is 7.72. The van der Waals surface area contributed by atoms with Gasteiger partial charge < -0.3 is 0 Å². The maximum atomic E-state index is 11.1. The molecule has 0 bridgehead atoms. The molecule has 1 aliphatic carbocycles. The van der Waals surface area contributed by atoms with Crippen LogP contribution in [0.5, 0.6) is 0 Å². The quantitative estimate of drug-likeness (QED) is 0.600. The molecule has 0 aromatic rings.